The second-order valence-electron chi connectivity index (χ2n) is 3.42. The second-order valence-corrected chi connectivity index (χ2v) is 3.42. The molecule has 0 aromatic heterocycles. The summed E-state index contributed by atoms with van der Waals surface area (Å²) in [5, 5.41) is 8.92. The summed E-state index contributed by atoms with van der Waals surface area (Å²) in [6, 6.07) is 0. The smallest absolute Gasteiger partial charge is 0.311 e. The predicted octanol–water partition coefficient (Wildman–Crippen LogP) is 2.23. The molecular formula is C10H14O2. The van der Waals surface area contributed by atoms with E-state index in [4.69, 9.17) is 5.11 Å². The Hall–Kier alpha value is -1.05. The largest absolute Gasteiger partial charge is 0.481 e. The van der Waals surface area contributed by atoms with Gasteiger partial charge in [-0.05, 0) is 6.42 Å². The molecule has 66 valence electrons. The summed E-state index contributed by atoms with van der Waals surface area (Å²) in [7, 11) is 0. The highest BCUT2D eigenvalue weighted by atomic mass is 16.4. The van der Waals surface area contributed by atoms with Crippen molar-refractivity contribution in [2.75, 3.05) is 0 Å². The first-order valence-electron chi connectivity index (χ1n) is 4.19. The van der Waals surface area contributed by atoms with Crippen molar-refractivity contribution in [2.45, 2.75) is 20.3 Å². The number of carbonyl (C=O) groups is 1. The van der Waals surface area contributed by atoms with Gasteiger partial charge in [-0.15, -0.1) is 0 Å². The molecule has 0 saturated carbocycles. The fourth-order valence-electron chi connectivity index (χ4n) is 1.48. The Balaban J connectivity index is 2.92. The molecule has 0 radical (unpaired) electrons. The van der Waals surface area contributed by atoms with Crippen LogP contribution in [0.15, 0.2) is 24.3 Å². The minimum atomic E-state index is -0.736. The van der Waals surface area contributed by atoms with E-state index in [1.165, 1.54) is 0 Å². The van der Waals surface area contributed by atoms with Crippen LogP contribution < -0.4 is 0 Å². The van der Waals surface area contributed by atoms with Crippen LogP contribution in [0, 0.1) is 11.3 Å². The van der Waals surface area contributed by atoms with Crippen molar-refractivity contribution in [3.8, 4) is 0 Å². The Morgan fingerprint density at radius 2 is 2.25 bits per heavy atom. The molecule has 1 aliphatic rings. The van der Waals surface area contributed by atoms with Gasteiger partial charge >= 0.3 is 5.97 Å². The average molecular weight is 166 g/mol. The number of rotatable bonds is 2. The van der Waals surface area contributed by atoms with Gasteiger partial charge in [0.2, 0.25) is 0 Å². The number of aliphatic carboxylic acids is 1. The van der Waals surface area contributed by atoms with Crippen molar-refractivity contribution in [3.63, 3.8) is 0 Å². The molecule has 0 aliphatic heterocycles. The highest BCUT2D eigenvalue weighted by Crippen LogP contribution is 2.36. The normalized spacial score (nSPS) is 33.7. The molecule has 0 amide bonds. The molecule has 2 unspecified atom stereocenters. The van der Waals surface area contributed by atoms with Crippen LogP contribution in [-0.4, -0.2) is 11.1 Å². The lowest BCUT2D eigenvalue weighted by molar-refractivity contribution is -0.143. The first kappa shape index (κ1) is 9.04. The number of carboxylic acids is 1. The van der Waals surface area contributed by atoms with Crippen LogP contribution in [0.2, 0.25) is 0 Å². The van der Waals surface area contributed by atoms with Gasteiger partial charge in [0, 0.05) is 5.41 Å². The molecule has 1 aliphatic carbocycles. The van der Waals surface area contributed by atoms with Crippen molar-refractivity contribution in [1.29, 1.82) is 0 Å². The average Bonchev–Trinajstić information content (AvgIpc) is 2.05. The van der Waals surface area contributed by atoms with Gasteiger partial charge in [-0.25, -0.2) is 0 Å². The predicted molar refractivity (Wildman–Crippen MR) is 47.8 cm³/mol. The van der Waals surface area contributed by atoms with Crippen molar-refractivity contribution >= 4 is 5.97 Å². The summed E-state index contributed by atoms with van der Waals surface area (Å²) >= 11 is 0. The van der Waals surface area contributed by atoms with Gasteiger partial charge in [0.15, 0.2) is 0 Å². The van der Waals surface area contributed by atoms with Gasteiger partial charge in [0.1, 0.15) is 0 Å². The van der Waals surface area contributed by atoms with E-state index in [-0.39, 0.29) is 11.3 Å². The van der Waals surface area contributed by atoms with Gasteiger partial charge in [0.05, 0.1) is 5.92 Å². The first-order chi connectivity index (χ1) is 5.60. The summed E-state index contributed by atoms with van der Waals surface area (Å²) in [6.07, 6.45) is 8.31. The van der Waals surface area contributed by atoms with Crippen molar-refractivity contribution < 1.29 is 9.90 Å². The lowest BCUT2D eigenvalue weighted by atomic mass is 9.72. The summed E-state index contributed by atoms with van der Waals surface area (Å²) in [5.41, 5.74) is -0.208. The van der Waals surface area contributed by atoms with E-state index in [2.05, 4.69) is 0 Å². The minimum absolute atomic E-state index is 0.208. The molecule has 0 bridgehead atoms. The third-order valence-corrected chi connectivity index (χ3v) is 2.63. The van der Waals surface area contributed by atoms with Gasteiger partial charge in [0.25, 0.3) is 0 Å². The third-order valence-electron chi connectivity index (χ3n) is 2.63. The minimum Gasteiger partial charge on any atom is -0.481 e. The number of allylic oxidation sites excluding steroid dienone is 3. The van der Waals surface area contributed by atoms with Crippen LogP contribution in [0.1, 0.15) is 20.3 Å². The number of hydrogen-bond donors (Lipinski definition) is 1. The van der Waals surface area contributed by atoms with Crippen molar-refractivity contribution in [1.82, 2.24) is 0 Å². The molecule has 0 aromatic rings. The van der Waals surface area contributed by atoms with Crippen molar-refractivity contribution in [2.24, 2.45) is 11.3 Å². The highest BCUT2D eigenvalue weighted by molar-refractivity contribution is 5.74. The Labute approximate surface area is 72.6 Å². The molecule has 0 aromatic carbocycles. The molecule has 1 N–H and O–H groups in total. The molecule has 2 nitrogen and oxygen atoms in total. The topological polar surface area (TPSA) is 37.3 Å². The van der Waals surface area contributed by atoms with Gasteiger partial charge in [-0.2, -0.15) is 0 Å². The molecule has 1 rings (SSSR count). The Morgan fingerprint density at radius 3 is 2.67 bits per heavy atom. The molecule has 2 heteroatoms. The Bertz CT molecular complexity index is 240. The van der Waals surface area contributed by atoms with Crippen LogP contribution in [-0.2, 0) is 4.79 Å². The lowest BCUT2D eigenvalue weighted by Gasteiger charge is -2.31. The van der Waals surface area contributed by atoms with E-state index >= 15 is 0 Å². The lowest BCUT2D eigenvalue weighted by Crippen LogP contribution is -2.31. The SMILES string of the molecule is CCC1(C)C=CC=CC1C(=O)O. The molecule has 12 heavy (non-hydrogen) atoms. The van der Waals surface area contributed by atoms with E-state index in [1.807, 2.05) is 26.0 Å². The van der Waals surface area contributed by atoms with Crippen LogP contribution in [0.4, 0.5) is 0 Å². The fourth-order valence-corrected chi connectivity index (χ4v) is 1.48. The zero-order chi connectivity index (χ0) is 9.19. The van der Waals surface area contributed by atoms with Crippen LogP contribution in [0.25, 0.3) is 0 Å². The van der Waals surface area contributed by atoms with E-state index in [0.29, 0.717) is 0 Å². The maximum Gasteiger partial charge on any atom is 0.311 e. The van der Waals surface area contributed by atoms with E-state index in [1.54, 1.807) is 12.2 Å². The second kappa shape index (κ2) is 3.13. The van der Waals surface area contributed by atoms with Gasteiger partial charge in [-0.3, -0.25) is 4.79 Å². The van der Waals surface area contributed by atoms with Crippen LogP contribution >= 0.6 is 0 Å². The highest BCUT2D eigenvalue weighted by Gasteiger charge is 2.34. The summed E-state index contributed by atoms with van der Waals surface area (Å²) in [5.74, 6) is -1.10. The quantitative estimate of drug-likeness (QED) is 0.683. The maximum absolute atomic E-state index is 10.8. The fraction of sp³-hybridized carbons (Fsp3) is 0.500. The zero-order valence-electron chi connectivity index (χ0n) is 7.45. The van der Waals surface area contributed by atoms with E-state index in [9.17, 15) is 4.79 Å². The number of carboxylic acid groups (broad SMARTS) is 1. The number of hydrogen-bond acceptors (Lipinski definition) is 1. The van der Waals surface area contributed by atoms with Crippen molar-refractivity contribution in [3.05, 3.63) is 24.3 Å². The first-order valence-corrected chi connectivity index (χ1v) is 4.19. The van der Waals surface area contributed by atoms with Crippen LogP contribution in [0.3, 0.4) is 0 Å². The molecule has 2 atom stereocenters. The third kappa shape index (κ3) is 1.42. The summed E-state index contributed by atoms with van der Waals surface area (Å²) < 4.78 is 0. The molecule has 0 spiro atoms. The Kier molecular flexibility index (Phi) is 2.36. The molecule has 0 heterocycles. The maximum atomic E-state index is 10.8. The van der Waals surface area contributed by atoms with Crippen LogP contribution in [0.5, 0.6) is 0 Å². The molecule has 0 fully saturated rings. The standard InChI is InChI=1S/C10H14O2/c1-3-10(2)7-5-4-6-8(10)9(11)12/h4-8H,3H2,1-2H3,(H,11,12). The molecular weight excluding hydrogens is 152 g/mol. The van der Waals surface area contributed by atoms with E-state index in [0.717, 1.165) is 6.42 Å². The zero-order valence-corrected chi connectivity index (χ0v) is 7.45. The van der Waals surface area contributed by atoms with Gasteiger partial charge in [-0.1, -0.05) is 38.2 Å². The van der Waals surface area contributed by atoms with E-state index < -0.39 is 5.97 Å². The molecule has 0 saturated heterocycles. The summed E-state index contributed by atoms with van der Waals surface area (Å²) in [6.45, 7) is 3.99. The summed E-state index contributed by atoms with van der Waals surface area (Å²) in [4.78, 5) is 10.8. The van der Waals surface area contributed by atoms with Gasteiger partial charge < -0.3 is 5.11 Å². The Morgan fingerprint density at radius 1 is 1.58 bits per heavy atom. The monoisotopic (exact) mass is 166 g/mol.